The van der Waals surface area contributed by atoms with Gasteiger partial charge < -0.3 is 5.32 Å². The van der Waals surface area contributed by atoms with Gasteiger partial charge in [0.2, 0.25) is 0 Å². The Morgan fingerprint density at radius 2 is 2.06 bits per heavy atom. The Kier molecular flexibility index (Phi) is 6.56. The lowest BCUT2D eigenvalue weighted by Gasteiger charge is -2.10. The maximum atomic E-state index is 12.8. The quantitative estimate of drug-likeness (QED) is 0.573. The molecule has 31 heavy (non-hydrogen) atoms. The van der Waals surface area contributed by atoms with Gasteiger partial charge in [-0.1, -0.05) is 17.8 Å². The van der Waals surface area contributed by atoms with Crippen LogP contribution in [0, 0.1) is 13.8 Å². The van der Waals surface area contributed by atoms with Crippen molar-refractivity contribution >= 4 is 17.7 Å². The number of pyridine rings is 1. The van der Waals surface area contributed by atoms with Crippen LogP contribution < -0.4 is 11.0 Å². The number of carbonyl (C=O) groups is 1. The van der Waals surface area contributed by atoms with E-state index in [4.69, 9.17) is 0 Å². The molecule has 1 aliphatic heterocycles. The van der Waals surface area contributed by atoms with E-state index in [2.05, 4.69) is 41.4 Å². The second kappa shape index (κ2) is 9.51. The van der Waals surface area contributed by atoms with Crippen molar-refractivity contribution in [2.75, 3.05) is 6.54 Å². The highest BCUT2D eigenvalue weighted by Gasteiger charge is 2.17. The van der Waals surface area contributed by atoms with Crippen LogP contribution in [0.4, 0.5) is 0 Å². The maximum absolute atomic E-state index is 12.8. The summed E-state index contributed by atoms with van der Waals surface area (Å²) >= 11 is 1.49. The van der Waals surface area contributed by atoms with E-state index in [9.17, 15) is 9.59 Å². The third-order valence-corrected chi connectivity index (χ3v) is 6.58. The second-order valence-electron chi connectivity index (χ2n) is 7.84. The first-order valence-corrected chi connectivity index (χ1v) is 11.5. The van der Waals surface area contributed by atoms with Gasteiger partial charge in [0.15, 0.2) is 0 Å². The van der Waals surface area contributed by atoms with Crippen molar-refractivity contribution in [3.05, 3.63) is 69.5 Å². The summed E-state index contributed by atoms with van der Waals surface area (Å²) in [5.41, 5.74) is 2.96. The number of rotatable bonds is 7. The molecule has 0 atom stereocenters. The molecule has 7 nitrogen and oxygen atoms in total. The van der Waals surface area contributed by atoms with Crippen LogP contribution in [0.25, 0.3) is 0 Å². The van der Waals surface area contributed by atoms with Crippen LogP contribution in [0.5, 0.6) is 0 Å². The summed E-state index contributed by atoms with van der Waals surface area (Å²) in [6, 6.07) is 9.80. The molecule has 0 radical (unpaired) electrons. The summed E-state index contributed by atoms with van der Waals surface area (Å²) < 4.78 is 3.30. The molecule has 2 aromatic heterocycles. The van der Waals surface area contributed by atoms with E-state index in [1.807, 2.05) is 6.07 Å². The molecule has 0 saturated carbocycles. The van der Waals surface area contributed by atoms with Crippen LogP contribution in [0.1, 0.15) is 46.6 Å². The molecule has 1 aromatic carbocycles. The Morgan fingerprint density at radius 1 is 1.19 bits per heavy atom. The number of benzene rings is 1. The third kappa shape index (κ3) is 4.90. The molecule has 0 spiro atoms. The fraction of sp³-hybridized carbons (Fsp3) is 0.391. The van der Waals surface area contributed by atoms with Gasteiger partial charge >= 0.3 is 5.69 Å². The summed E-state index contributed by atoms with van der Waals surface area (Å²) in [4.78, 5) is 30.6. The van der Waals surface area contributed by atoms with Crippen molar-refractivity contribution in [1.82, 2.24) is 24.6 Å². The molecule has 0 aliphatic carbocycles. The van der Waals surface area contributed by atoms with Crippen LogP contribution in [-0.2, 0) is 19.5 Å². The monoisotopic (exact) mass is 437 g/mol. The van der Waals surface area contributed by atoms with E-state index in [1.165, 1.54) is 27.6 Å². The molecule has 0 bridgehead atoms. The van der Waals surface area contributed by atoms with Crippen molar-refractivity contribution in [2.24, 2.45) is 0 Å². The molecule has 3 heterocycles. The van der Waals surface area contributed by atoms with Gasteiger partial charge in [0.1, 0.15) is 10.9 Å². The molecule has 0 fully saturated rings. The SMILES string of the molecule is Cc1ccc(Sc2ncccc2C(=O)NCCCn2nc3n(c2=O)CCCC3)cc1C. The topological polar surface area (TPSA) is 81.8 Å². The number of amides is 1. The predicted molar refractivity (Wildman–Crippen MR) is 121 cm³/mol. The van der Waals surface area contributed by atoms with Crippen molar-refractivity contribution < 1.29 is 4.79 Å². The summed E-state index contributed by atoms with van der Waals surface area (Å²) in [6.07, 6.45) is 5.32. The summed E-state index contributed by atoms with van der Waals surface area (Å²) in [6.45, 7) is 5.88. The molecule has 1 aliphatic rings. The maximum Gasteiger partial charge on any atom is 0.345 e. The van der Waals surface area contributed by atoms with Gasteiger partial charge in [-0.2, -0.15) is 5.10 Å². The smallest absolute Gasteiger partial charge is 0.345 e. The van der Waals surface area contributed by atoms with Gasteiger partial charge in [0.25, 0.3) is 5.91 Å². The molecule has 3 aromatic rings. The van der Waals surface area contributed by atoms with Crippen LogP contribution in [0.15, 0.2) is 51.2 Å². The fourth-order valence-corrected chi connectivity index (χ4v) is 4.63. The van der Waals surface area contributed by atoms with E-state index < -0.39 is 0 Å². The van der Waals surface area contributed by atoms with Crippen LogP contribution in [0.3, 0.4) is 0 Å². The Balaban J connectivity index is 1.35. The zero-order valence-corrected chi connectivity index (χ0v) is 18.7. The molecular formula is C23H27N5O2S. The summed E-state index contributed by atoms with van der Waals surface area (Å²) in [5, 5.41) is 8.08. The molecular weight excluding hydrogens is 410 g/mol. The van der Waals surface area contributed by atoms with Crippen molar-refractivity contribution in [2.45, 2.75) is 62.5 Å². The lowest BCUT2D eigenvalue weighted by Crippen LogP contribution is -2.29. The average Bonchev–Trinajstić information content (AvgIpc) is 3.10. The highest BCUT2D eigenvalue weighted by atomic mass is 32.2. The van der Waals surface area contributed by atoms with Gasteiger partial charge in [0.05, 0.1) is 5.56 Å². The molecule has 4 rings (SSSR count). The van der Waals surface area contributed by atoms with E-state index in [1.54, 1.807) is 22.9 Å². The van der Waals surface area contributed by atoms with E-state index in [-0.39, 0.29) is 11.6 Å². The Labute approximate surface area is 185 Å². The highest BCUT2D eigenvalue weighted by molar-refractivity contribution is 7.99. The van der Waals surface area contributed by atoms with E-state index in [0.29, 0.717) is 30.1 Å². The lowest BCUT2D eigenvalue weighted by atomic mass is 10.1. The van der Waals surface area contributed by atoms with Crippen molar-refractivity contribution in [3.63, 3.8) is 0 Å². The number of carbonyl (C=O) groups excluding carboxylic acids is 1. The molecule has 8 heteroatoms. The van der Waals surface area contributed by atoms with Gasteiger partial charge in [-0.15, -0.1) is 0 Å². The zero-order valence-electron chi connectivity index (χ0n) is 17.9. The van der Waals surface area contributed by atoms with Gasteiger partial charge in [-0.25, -0.2) is 14.5 Å². The minimum atomic E-state index is -0.157. The molecule has 162 valence electrons. The number of hydrogen-bond acceptors (Lipinski definition) is 5. The van der Waals surface area contributed by atoms with Gasteiger partial charge in [-0.3, -0.25) is 9.36 Å². The Hall–Kier alpha value is -2.87. The lowest BCUT2D eigenvalue weighted by molar-refractivity contribution is 0.0949. The van der Waals surface area contributed by atoms with Crippen molar-refractivity contribution in [1.29, 1.82) is 0 Å². The number of fused-ring (bicyclic) bond motifs is 1. The first-order chi connectivity index (χ1) is 15.0. The minimum absolute atomic E-state index is 0.0413. The third-order valence-electron chi connectivity index (χ3n) is 5.57. The number of aryl methyl sites for hydroxylation is 4. The summed E-state index contributed by atoms with van der Waals surface area (Å²) in [5.74, 6) is 0.722. The predicted octanol–water partition coefficient (Wildman–Crippen LogP) is 3.36. The summed E-state index contributed by atoms with van der Waals surface area (Å²) in [7, 11) is 0. The number of nitrogens with zero attached hydrogens (tertiary/aromatic N) is 4. The fourth-order valence-electron chi connectivity index (χ4n) is 3.65. The van der Waals surface area contributed by atoms with E-state index >= 15 is 0 Å². The molecule has 0 unspecified atom stereocenters. The second-order valence-corrected chi connectivity index (χ2v) is 8.91. The van der Waals surface area contributed by atoms with Crippen molar-refractivity contribution in [3.8, 4) is 0 Å². The number of nitrogens with one attached hydrogen (secondary N) is 1. The molecule has 0 saturated heterocycles. The zero-order chi connectivity index (χ0) is 21.8. The molecule has 1 amide bonds. The van der Waals surface area contributed by atoms with Crippen LogP contribution >= 0.6 is 11.8 Å². The van der Waals surface area contributed by atoms with Crippen LogP contribution in [0.2, 0.25) is 0 Å². The normalized spacial score (nSPS) is 13.1. The van der Waals surface area contributed by atoms with Gasteiger partial charge in [0, 0.05) is 37.1 Å². The number of hydrogen-bond donors (Lipinski definition) is 1. The minimum Gasteiger partial charge on any atom is -0.352 e. The largest absolute Gasteiger partial charge is 0.352 e. The Bertz CT molecular complexity index is 1150. The van der Waals surface area contributed by atoms with Gasteiger partial charge in [-0.05, 0) is 68.5 Å². The standard InChI is InChI=1S/C23H27N5O2S/c1-16-9-10-18(15-17(16)2)31-22-19(7-5-11-25-22)21(29)24-12-6-14-28-23(30)27-13-4-3-8-20(27)26-28/h5,7,9-11,15H,3-4,6,8,12-14H2,1-2H3,(H,24,29). The average molecular weight is 438 g/mol. The Morgan fingerprint density at radius 3 is 2.87 bits per heavy atom. The first kappa shape index (κ1) is 21.4. The molecule has 1 N–H and O–H groups in total. The van der Waals surface area contributed by atoms with Crippen LogP contribution in [-0.4, -0.2) is 31.8 Å². The first-order valence-electron chi connectivity index (χ1n) is 10.7. The highest BCUT2D eigenvalue weighted by Crippen LogP contribution is 2.29. The number of aromatic nitrogens is 4. The van der Waals surface area contributed by atoms with E-state index in [0.717, 1.165) is 36.5 Å².